The first-order chi connectivity index (χ1) is 23.3. The van der Waals surface area contributed by atoms with Crippen LogP contribution in [0.3, 0.4) is 0 Å². The molecule has 2 atom stereocenters. The van der Waals surface area contributed by atoms with E-state index in [9.17, 15) is 14.7 Å². The summed E-state index contributed by atoms with van der Waals surface area (Å²) in [5.74, 6) is 0.710. The summed E-state index contributed by atoms with van der Waals surface area (Å²) in [6.07, 6.45) is 1.59. The number of ketones is 1. The molecule has 0 radical (unpaired) electrons. The number of Topliss-reactive ketones (excluding diaryl/α,β-unsaturated/α-hetero) is 1. The summed E-state index contributed by atoms with van der Waals surface area (Å²) in [5.41, 5.74) is 3.17. The number of nitrogens with zero attached hydrogens (tertiary/aromatic N) is 3. The van der Waals surface area contributed by atoms with Crippen molar-refractivity contribution in [2.45, 2.75) is 55.9 Å². The lowest BCUT2D eigenvalue weighted by molar-refractivity contribution is -0.132. The number of aliphatic hydroxyl groups excluding tert-OH is 1. The van der Waals surface area contributed by atoms with Gasteiger partial charge in [-0.25, -0.2) is 0 Å². The monoisotopic (exact) mass is 677 g/mol. The molecular formula is C38H35N3O5S2. The van der Waals surface area contributed by atoms with Crippen molar-refractivity contribution in [3.05, 3.63) is 113 Å². The van der Waals surface area contributed by atoms with Crippen LogP contribution in [0.5, 0.6) is 11.5 Å². The molecule has 1 aromatic heterocycles. The summed E-state index contributed by atoms with van der Waals surface area (Å²) in [6, 6.07) is 26.2. The molecule has 4 aromatic carbocycles. The number of hydrogen-bond acceptors (Lipinski definition) is 9. The van der Waals surface area contributed by atoms with E-state index in [-0.39, 0.29) is 22.6 Å². The average Bonchev–Trinajstić information content (AvgIpc) is 3.78. The minimum Gasteiger partial charge on any atom is -0.507 e. The normalized spacial score (nSPS) is 18.5. The van der Waals surface area contributed by atoms with E-state index in [2.05, 4.69) is 48.3 Å². The van der Waals surface area contributed by atoms with Gasteiger partial charge in [-0.2, -0.15) is 0 Å². The van der Waals surface area contributed by atoms with E-state index in [1.807, 2.05) is 55.5 Å². The van der Waals surface area contributed by atoms with Crippen LogP contribution < -0.4 is 14.4 Å². The second-order valence-electron chi connectivity index (χ2n) is 12.5. The summed E-state index contributed by atoms with van der Waals surface area (Å²) in [4.78, 5) is 29.0. The summed E-state index contributed by atoms with van der Waals surface area (Å²) in [7, 11) is 0. The van der Waals surface area contributed by atoms with Gasteiger partial charge in [-0.1, -0.05) is 91.5 Å². The lowest BCUT2D eigenvalue weighted by Crippen LogP contribution is -2.29. The Hall–Kier alpha value is -4.67. The van der Waals surface area contributed by atoms with Gasteiger partial charge in [0.25, 0.3) is 5.78 Å². The van der Waals surface area contributed by atoms with Crippen molar-refractivity contribution in [3.8, 4) is 11.5 Å². The smallest absolute Gasteiger partial charge is 0.301 e. The molecule has 8 nitrogen and oxygen atoms in total. The van der Waals surface area contributed by atoms with Crippen LogP contribution in [0.4, 0.5) is 5.13 Å². The van der Waals surface area contributed by atoms with E-state index in [1.165, 1.54) is 38.9 Å². The van der Waals surface area contributed by atoms with Gasteiger partial charge in [0.05, 0.1) is 18.2 Å². The molecule has 10 heteroatoms. The zero-order chi connectivity index (χ0) is 33.4. The maximum absolute atomic E-state index is 13.8. The van der Waals surface area contributed by atoms with E-state index in [1.54, 1.807) is 12.1 Å². The number of benzene rings is 4. The van der Waals surface area contributed by atoms with E-state index in [0.717, 1.165) is 23.1 Å². The van der Waals surface area contributed by atoms with Crippen molar-refractivity contribution in [2.24, 2.45) is 5.92 Å². The van der Waals surface area contributed by atoms with Crippen molar-refractivity contribution < 1.29 is 24.2 Å². The molecule has 1 saturated heterocycles. The van der Waals surface area contributed by atoms with Gasteiger partial charge in [0, 0.05) is 17.7 Å². The van der Waals surface area contributed by atoms with Crippen LogP contribution >= 0.6 is 23.1 Å². The minimum atomic E-state index is -0.939. The molecule has 1 amide bonds. The molecule has 2 aliphatic rings. The first-order valence-corrected chi connectivity index (χ1v) is 17.8. The number of hydrogen-bond donors (Lipinski definition) is 1. The predicted molar refractivity (Wildman–Crippen MR) is 190 cm³/mol. The van der Waals surface area contributed by atoms with Crippen LogP contribution in [0.15, 0.2) is 94.8 Å². The Labute approximate surface area is 287 Å². The van der Waals surface area contributed by atoms with Gasteiger partial charge in [0.15, 0.2) is 4.34 Å². The van der Waals surface area contributed by atoms with Crippen molar-refractivity contribution in [2.75, 3.05) is 11.5 Å². The number of rotatable bonds is 10. The molecule has 48 heavy (non-hydrogen) atoms. The Morgan fingerprint density at radius 2 is 1.85 bits per heavy atom. The van der Waals surface area contributed by atoms with E-state index < -0.39 is 17.7 Å². The van der Waals surface area contributed by atoms with Crippen LogP contribution in [0.25, 0.3) is 16.5 Å². The van der Waals surface area contributed by atoms with Crippen LogP contribution in [0.1, 0.15) is 55.5 Å². The van der Waals surface area contributed by atoms with Gasteiger partial charge in [0.2, 0.25) is 5.13 Å². The van der Waals surface area contributed by atoms with E-state index in [4.69, 9.17) is 9.47 Å². The summed E-state index contributed by atoms with van der Waals surface area (Å²) < 4.78 is 12.6. The molecule has 2 aliphatic heterocycles. The number of carbonyl (C=O) groups excluding carboxylic acids is 2. The van der Waals surface area contributed by atoms with Crippen molar-refractivity contribution in [1.29, 1.82) is 0 Å². The molecule has 5 aromatic rings. The Morgan fingerprint density at radius 1 is 1.04 bits per heavy atom. The standard InChI is InChI=1S/C38H35N3O5S2/c1-22(2)16-17-45-29-12-7-10-25(20-29)33-32(34(42)26-14-15-31-28(19-26)18-23(3)46-31)35(43)36(44)41(33)37-39-40-38(48-37)47-21-27-11-6-9-24-8-4-5-13-30(24)27/h4-15,19-20,22-23,33,42H,16-18,21H2,1-3H3/t23-,33-/m0/s1. The number of anilines is 1. The average molecular weight is 678 g/mol. The van der Waals surface area contributed by atoms with Crippen molar-refractivity contribution in [1.82, 2.24) is 10.2 Å². The fourth-order valence-corrected chi connectivity index (χ4v) is 8.04. The van der Waals surface area contributed by atoms with Gasteiger partial charge in [-0.05, 0) is 77.1 Å². The van der Waals surface area contributed by atoms with Crippen LogP contribution in [0, 0.1) is 5.92 Å². The van der Waals surface area contributed by atoms with Gasteiger partial charge < -0.3 is 14.6 Å². The van der Waals surface area contributed by atoms with Crippen LogP contribution in [0.2, 0.25) is 0 Å². The highest BCUT2D eigenvalue weighted by Gasteiger charge is 2.48. The van der Waals surface area contributed by atoms with Crippen LogP contribution in [-0.4, -0.2) is 39.7 Å². The molecule has 0 spiro atoms. The number of aliphatic hydroxyl groups is 1. The molecule has 0 saturated carbocycles. The van der Waals surface area contributed by atoms with Gasteiger partial charge >= 0.3 is 5.91 Å². The summed E-state index contributed by atoms with van der Waals surface area (Å²) in [5, 5.41) is 23.2. The third-order valence-corrected chi connectivity index (χ3v) is 10.7. The maximum atomic E-state index is 13.8. The second-order valence-corrected chi connectivity index (χ2v) is 14.7. The maximum Gasteiger partial charge on any atom is 0.301 e. The number of aromatic nitrogens is 2. The Balaban J connectivity index is 1.25. The van der Waals surface area contributed by atoms with Gasteiger partial charge in [-0.15, -0.1) is 10.2 Å². The molecule has 0 unspecified atom stereocenters. The highest BCUT2D eigenvalue weighted by molar-refractivity contribution is 8.00. The SMILES string of the molecule is CC(C)CCOc1cccc([C@H]2C(=C(O)c3ccc4c(c3)C[C@H](C)O4)C(=O)C(=O)N2c2nnc(SCc3cccc4ccccc34)s2)c1. The quantitative estimate of drug-likeness (QED) is 0.0518. The van der Waals surface area contributed by atoms with E-state index in [0.29, 0.717) is 45.9 Å². The number of amides is 1. The number of ether oxygens (including phenoxy) is 2. The highest BCUT2D eigenvalue weighted by Crippen LogP contribution is 2.45. The summed E-state index contributed by atoms with van der Waals surface area (Å²) >= 11 is 2.77. The zero-order valence-corrected chi connectivity index (χ0v) is 28.5. The largest absolute Gasteiger partial charge is 0.507 e. The molecular weight excluding hydrogens is 643 g/mol. The molecule has 3 heterocycles. The Kier molecular flexibility index (Phi) is 8.94. The first kappa shape index (κ1) is 31.9. The van der Waals surface area contributed by atoms with Gasteiger partial charge in [0.1, 0.15) is 23.4 Å². The Bertz CT molecular complexity index is 2050. The lowest BCUT2D eigenvalue weighted by Gasteiger charge is -2.23. The van der Waals surface area contributed by atoms with E-state index >= 15 is 0 Å². The number of fused-ring (bicyclic) bond motifs is 2. The molecule has 0 aliphatic carbocycles. The Morgan fingerprint density at radius 3 is 2.71 bits per heavy atom. The first-order valence-electron chi connectivity index (χ1n) is 16.0. The second kappa shape index (κ2) is 13.4. The van der Waals surface area contributed by atoms with Crippen LogP contribution in [-0.2, 0) is 21.8 Å². The van der Waals surface area contributed by atoms with Crippen molar-refractivity contribution in [3.63, 3.8) is 0 Å². The fraction of sp³-hybridized carbons (Fsp3) is 0.263. The van der Waals surface area contributed by atoms with Gasteiger partial charge in [-0.3, -0.25) is 14.5 Å². The topological polar surface area (TPSA) is 102 Å². The minimum absolute atomic E-state index is 0.00796. The number of thioether (sulfide) groups is 1. The highest BCUT2D eigenvalue weighted by atomic mass is 32.2. The zero-order valence-electron chi connectivity index (χ0n) is 26.9. The molecule has 0 bridgehead atoms. The number of carbonyl (C=O) groups is 2. The molecule has 244 valence electrons. The third-order valence-electron chi connectivity index (χ3n) is 8.58. The third kappa shape index (κ3) is 6.30. The molecule has 1 N–H and O–H groups in total. The van der Waals surface area contributed by atoms with Crippen molar-refractivity contribution >= 4 is 56.5 Å². The summed E-state index contributed by atoms with van der Waals surface area (Å²) in [6.45, 7) is 6.79. The fourth-order valence-electron chi connectivity index (χ4n) is 6.17. The predicted octanol–water partition coefficient (Wildman–Crippen LogP) is 8.36. The molecule has 1 fully saturated rings. The lowest BCUT2D eigenvalue weighted by atomic mass is 9.94. The molecule has 7 rings (SSSR count).